The molecule has 0 N–H and O–H groups in total. The van der Waals surface area contributed by atoms with E-state index in [0.717, 1.165) is 46.6 Å². The zero-order valence-electron chi connectivity index (χ0n) is 16.1. The maximum atomic E-state index is 13.5. The van der Waals surface area contributed by atoms with Crippen molar-refractivity contribution in [2.24, 2.45) is 5.92 Å². The third-order valence-corrected chi connectivity index (χ3v) is 5.79. The Hall–Kier alpha value is -2.24. The summed E-state index contributed by atoms with van der Waals surface area (Å²) in [6.45, 7) is 6.70. The molecule has 0 spiro atoms. The summed E-state index contributed by atoms with van der Waals surface area (Å²) in [5.41, 5.74) is 6.05. The van der Waals surface area contributed by atoms with E-state index in [9.17, 15) is 8.78 Å². The van der Waals surface area contributed by atoms with Gasteiger partial charge in [0.1, 0.15) is 5.76 Å². The molecule has 0 amide bonds. The Balaban J connectivity index is 1.71. The van der Waals surface area contributed by atoms with Crippen molar-refractivity contribution in [3.63, 3.8) is 0 Å². The van der Waals surface area contributed by atoms with Gasteiger partial charge in [-0.15, -0.1) is 0 Å². The molecule has 4 rings (SSSR count). The number of rotatable bonds is 4. The first kappa shape index (κ1) is 18.1. The highest BCUT2D eigenvalue weighted by atomic mass is 19.3. The predicted molar refractivity (Wildman–Crippen MR) is 101 cm³/mol. The Morgan fingerprint density at radius 2 is 2.00 bits per heavy atom. The molecular formula is C21H25F2N3O. The molecule has 27 heavy (non-hydrogen) atoms. The Morgan fingerprint density at radius 1 is 1.26 bits per heavy atom. The van der Waals surface area contributed by atoms with Gasteiger partial charge in [-0.1, -0.05) is 12.1 Å². The molecule has 0 aliphatic heterocycles. The molecule has 3 aromatic rings. The number of fused-ring (bicyclic) bond motifs is 1. The number of halogens is 2. The van der Waals surface area contributed by atoms with Gasteiger partial charge in [-0.3, -0.25) is 4.98 Å². The lowest BCUT2D eigenvalue weighted by Gasteiger charge is -2.28. The minimum atomic E-state index is -2.48. The lowest BCUT2D eigenvalue weighted by atomic mass is 9.87. The summed E-state index contributed by atoms with van der Waals surface area (Å²) in [4.78, 5) is 4.72. The van der Waals surface area contributed by atoms with Crippen molar-refractivity contribution >= 4 is 11.0 Å². The van der Waals surface area contributed by atoms with E-state index in [0.29, 0.717) is 12.8 Å². The molecule has 1 aliphatic rings. The van der Waals surface area contributed by atoms with Crippen molar-refractivity contribution in [2.45, 2.75) is 65.3 Å². The standard InChI is InChI=1S/C21H25F2N3O/c1-4-16-12-26(11-15-5-7-21(22,23)8-6-15)18-9-17(10-24-20(16)18)19-13(2)25-27-14(19)3/h9-10,12,15H,4-8,11H2,1-3H3. The predicted octanol–water partition coefficient (Wildman–Crippen LogP) is 5.70. The molecule has 4 nitrogen and oxygen atoms in total. The van der Waals surface area contributed by atoms with Crippen LogP contribution < -0.4 is 0 Å². The zero-order valence-corrected chi connectivity index (χ0v) is 16.1. The number of pyridine rings is 1. The highest BCUT2D eigenvalue weighted by Gasteiger charge is 2.35. The van der Waals surface area contributed by atoms with Gasteiger partial charge in [0, 0.05) is 42.9 Å². The summed E-state index contributed by atoms with van der Waals surface area (Å²) in [5.74, 6) is -1.42. The van der Waals surface area contributed by atoms with Crippen LogP contribution in [-0.4, -0.2) is 20.6 Å². The van der Waals surface area contributed by atoms with E-state index in [2.05, 4.69) is 28.9 Å². The number of hydrogen-bond acceptors (Lipinski definition) is 3. The fraction of sp³-hybridized carbons (Fsp3) is 0.524. The quantitative estimate of drug-likeness (QED) is 0.589. The summed E-state index contributed by atoms with van der Waals surface area (Å²) in [6, 6.07) is 2.13. The summed E-state index contributed by atoms with van der Waals surface area (Å²) < 4.78 is 34.5. The van der Waals surface area contributed by atoms with Crippen molar-refractivity contribution in [3.8, 4) is 11.1 Å². The van der Waals surface area contributed by atoms with E-state index in [1.165, 1.54) is 5.56 Å². The van der Waals surface area contributed by atoms with Crippen LogP contribution in [-0.2, 0) is 13.0 Å². The molecule has 1 fully saturated rings. The topological polar surface area (TPSA) is 43.9 Å². The number of aromatic nitrogens is 3. The smallest absolute Gasteiger partial charge is 0.248 e. The van der Waals surface area contributed by atoms with Crippen molar-refractivity contribution in [1.82, 2.24) is 14.7 Å². The molecule has 3 aromatic heterocycles. The Labute approximate surface area is 157 Å². The second kappa shape index (κ2) is 6.73. The Kier molecular flexibility index (Phi) is 4.52. The molecule has 0 bridgehead atoms. The van der Waals surface area contributed by atoms with Gasteiger partial charge in [-0.2, -0.15) is 0 Å². The van der Waals surface area contributed by atoms with Crippen LogP contribution in [0, 0.1) is 19.8 Å². The highest BCUT2D eigenvalue weighted by Crippen LogP contribution is 2.38. The van der Waals surface area contributed by atoms with Gasteiger partial charge in [0.25, 0.3) is 0 Å². The van der Waals surface area contributed by atoms with Gasteiger partial charge in [-0.25, -0.2) is 8.78 Å². The lowest BCUT2D eigenvalue weighted by molar-refractivity contribution is -0.0472. The summed E-state index contributed by atoms with van der Waals surface area (Å²) >= 11 is 0. The van der Waals surface area contributed by atoms with E-state index in [4.69, 9.17) is 9.51 Å². The number of aryl methyl sites for hydroxylation is 3. The molecule has 0 unspecified atom stereocenters. The van der Waals surface area contributed by atoms with Crippen LogP contribution in [0.25, 0.3) is 22.2 Å². The summed E-state index contributed by atoms with van der Waals surface area (Å²) in [7, 11) is 0. The molecular weight excluding hydrogens is 348 g/mol. The van der Waals surface area contributed by atoms with Crippen LogP contribution in [0.5, 0.6) is 0 Å². The first-order valence-electron chi connectivity index (χ1n) is 9.67. The third-order valence-electron chi connectivity index (χ3n) is 5.79. The van der Waals surface area contributed by atoms with Crippen LogP contribution in [0.15, 0.2) is 23.0 Å². The van der Waals surface area contributed by atoms with Crippen LogP contribution in [0.4, 0.5) is 8.78 Å². The van der Waals surface area contributed by atoms with Crippen LogP contribution in [0.3, 0.4) is 0 Å². The Bertz CT molecular complexity index is 944. The largest absolute Gasteiger partial charge is 0.361 e. The second-order valence-corrected chi connectivity index (χ2v) is 7.75. The van der Waals surface area contributed by atoms with E-state index in [-0.39, 0.29) is 18.8 Å². The SMILES string of the molecule is CCc1cn(CC2CCC(F)(F)CC2)c2cc(-c3c(C)noc3C)cnc12. The van der Waals surface area contributed by atoms with Crippen molar-refractivity contribution in [2.75, 3.05) is 0 Å². The van der Waals surface area contributed by atoms with E-state index in [1.807, 2.05) is 20.0 Å². The van der Waals surface area contributed by atoms with Crippen LogP contribution >= 0.6 is 0 Å². The molecule has 1 aliphatic carbocycles. The van der Waals surface area contributed by atoms with E-state index < -0.39 is 5.92 Å². The third kappa shape index (κ3) is 3.37. The van der Waals surface area contributed by atoms with Gasteiger partial charge in [0.2, 0.25) is 5.92 Å². The monoisotopic (exact) mass is 373 g/mol. The molecule has 144 valence electrons. The van der Waals surface area contributed by atoms with Crippen LogP contribution in [0.2, 0.25) is 0 Å². The Morgan fingerprint density at radius 3 is 2.63 bits per heavy atom. The summed E-state index contributed by atoms with van der Waals surface area (Å²) in [5, 5.41) is 4.04. The van der Waals surface area contributed by atoms with Gasteiger partial charge in [0.15, 0.2) is 0 Å². The normalized spacial score (nSPS) is 17.7. The minimum Gasteiger partial charge on any atom is -0.361 e. The molecule has 3 heterocycles. The zero-order chi connectivity index (χ0) is 19.2. The van der Waals surface area contributed by atoms with E-state index >= 15 is 0 Å². The number of hydrogen-bond donors (Lipinski definition) is 0. The summed E-state index contributed by atoms with van der Waals surface area (Å²) in [6.07, 6.45) is 6.06. The van der Waals surface area contributed by atoms with Crippen molar-refractivity contribution < 1.29 is 13.3 Å². The first-order valence-corrected chi connectivity index (χ1v) is 9.67. The maximum absolute atomic E-state index is 13.5. The van der Waals surface area contributed by atoms with Gasteiger partial charge in [0.05, 0.1) is 16.7 Å². The van der Waals surface area contributed by atoms with Gasteiger partial charge >= 0.3 is 0 Å². The molecule has 0 saturated heterocycles. The molecule has 0 atom stereocenters. The minimum absolute atomic E-state index is 0.0000804. The van der Waals surface area contributed by atoms with E-state index in [1.54, 1.807) is 0 Å². The molecule has 1 saturated carbocycles. The highest BCUT2D eigenvalue weighted by molar-refractivity contribution is 5.85. The maximum Gasteiger partial charge on any atom is 0.248 e. The fourth-order valence-electron chi connectivity index (χ4n) is 4.24. The average molecular weight is 373 g/mol. The first-order chi connectivity index (χ1) is 12.9. The second-order valence-electron chi connectivity index (χ2n) is 7.75. The van der Waals surface area contributed by atoms with Gasteiger partial charge < -0.3 is 9.09 Å². The average Bonchev–Trinajstić information content (AvgIpc) is 3.16. The fourth-order valence-corrected chi connectivity index (χ4v) is 4.24. The van der Waals surface area contributed by atoms with Gasteiger partial charge in [-0.05, 0) is 50.7 Å². The molecule has 0 radical (unpaired) electrons. The molecule has 6 heteroatoms. The number of alkyl halides is 2. The lowest BCUT2D eigenvalue weighted by Crippen LogP contribution is -2.26. The van der Waals surface area contributed by atoms with Crippen molar-refractivity contribution in [1.29, 1.82) is 0 Å². The van der Waals surface area contributed by atoms with Crippen molar-refractivity contribution in [3.05, 3.63) is 35.5 Å². The number of nitrogens with zero attached hydrogens (tertiary/aromatic N) is 3. The van der Waals surface area contributed by atoms with Crippen LogP contribution in [0.1, 0.15) is 49.6 Å². The molecule has 0 aromatic carbocycles.